The molecule has 5 heteroatoms. The maximum absolute atomic E-state index is 12.2. The molecular formula is C15H21ClN2O2. The van der Waals surface area contributed by atoms with Crippen molar-refractivity contribution in [2.45, 2.75) is 44.6 Å². The minimum Gasteiger partial charge on any atom is -0.396 e. The van der Waals surface area contributed by atoms with Crippen LogP contribution in [0.1, 0.15) is 49.0 Å². The number of aliphatic hydroxyl groups excluding tert-OH is 1. The zero-order valence-corrected chi connectivity index (χ0v) is 12.3. The average Bonchev–Trinajstić information content (AvgIpc) is 2.48. The number of pyridine rings is 1. The fourth-order valence-electron chi connectivity index (χ4n) is 2.85. The molecule has 1 fully saturated rings. The highest BCUT2D eigenvalue weighted by Crippen LogP contribution is 2.27. The van der Waals surface area contributed by atoms with Gasteiger partial charge in [-0.05, 0) is 37.3 Å². The number of hydrogen-bond donors (Lipinski definition) is 2. The Morgan fingerprint density at radius 2 is 2.15 bits per heavy atom. The van der Waals surface area contributed by atoms with Gasteiger partial charge in [0.05, 0.1) is 5.02 Å². The Labute approximate surface area is 124 Å². The predicted molar refractivity (Wildman–Crippen MR) is 78.8 cm³/mol. The Morgan fingerprint density at radius 1 is 1.40 bits per heavy atom. The molecule has 0 saturated heterocycles. The van der Waals surface area contributed by atoms with Gasteiger partial charge >= 0.3 is 0 Å². The van der Waals surface area contributed by atoms with Gasteiger partial charge in [0, 0.05) is 18.8 Å². The quantitative estimate of drug-likeness (QED) is 0.878. The largest absolute Gasteiger partial charge is 0.396 e. The van der Waals surface area contributed by atoms with Crippen LogP contribution in [0.2, 0.25) is 5.02 Å². The van der Waals surface area contributed by atoms with Gasteiger partial charge in [-0.1, -0.05) is 30.9 Å². The Hall–Kier alpha value is -1.13. The third kappa shape index (κ3) is 4.18. The molecule has 1 saturated carbocycles. The molecule has 0 aromatic carbocycles. The van der Waals surface area contributed by atoms with Gasteiger partial charge in [-0.3, -0.25) is 4.79 Å². The summed E-state index contributed by atoms with van der Waals surface area (Å²) in [7, 11) is 0. The Balaban J connectivity index is 1.99. The van der Waals surface area contributed by atoms with Gasteiger partial charge in [0.2, 0.25) is 0 Å². The zero-order chi connectivity index (χ0) is 14.4. The lowest BCUT2D eigenvalue weighted by Crippen LogP contribution is -2.42. The summed E-state index contributed by atoms with van der Waals surface area (Å²) < 4.78 is 0. The highest BCUT2D eigenvalue weighted by molar-refractivity contribution is 6.30. The molecule has 20 heavy (non-hydrogen) atoms. The maximum atomic E-state index is 12.2. The summed E-state index contributed by atoms with van der Waals surface area (Å²) in [4.78, 5) is 16.2. The molecule has 0 bridgehead atoms. The number of nitrogens with one attached hydrogen (secondary N) is 1. The number of hydrogen-bond acceptors (Lipinski definition) is 3. The van der Waals surface area contributed by atoms with Gasteiger partial charge < -0.3 is 10.4 Å². The first kappa shape index (κ1) is 15.3. The number of carbonyl (C=O) groups excluding carboxylic acids is 1. The number of halogens is 1. The summed E-state index contributed by atoms with van der Waals surface area (Å²) in [6, 6.07) is 3.31. The van der Waals surface area contributed by atoms with Crippen molar-refractivity contribution in [3.05, 3.63) is 29.0 Å². The first-order valence-electron chi connectivity index (χ1n) is 7.24. The van der Waals surface area contributed by atoms with E-state index in [1.165, 1.54) is 25.5 Å². The lowest BCUT2D eigenvalue weighted by Gasteiger charge is -2.30. The first-order chi connectivity index (χ1) is 9.70. The molecule has 4 nitrogen and oxygen atoms in total. The molecule has 0 radical (unpaired) electrons. The molecule has 1 aromatic rings. The molecule has 1 unspecified atom stereocenters. The second-order valence-electron chi connectivity index (χ2n) is 5.35. The summed E-state index contributed by atoms with van der Waals surface area (Å²) in [5, 5.41) is 12.7. The smallest absolute Gasteiger partial charge is 0.270 e. The van der Waals surface area contributed by atoms with Gasteiger partial charge in [0.25, 0.3) is 5.91 Å². The summed E-state index contributed by atoms with van der Waals surface area (Å²) in [6.07, 6.45) is 8.01. The number of carbonyl (C=O) groups is 1. The number of aliphatic hydroxyl groups is 1. The zero-order valence-electron chi connectivity index (χ0n) is 11.5. The van der Waals surface area contributed by atoms with E-state index in [1.54, 1.807) is 12.1 Å². The van der Waals surface area contributed by atoms with E-state index in [2.05, 4.69) is 10.3 Å². The summed E-state index contributed by atoms with van der Waals surface area (Å²) in [6.45, 7) is 0.0928. The van der Waals surface area contributed by atoms with Crippen LogP contribution < -0.4 is 5.32 Å². The number of rotatable bonds is 5. The predicted octanol–water partition coefficient (Wildman–Crippen LogP) is 2.80. The van der Waals surface area contributed by atoms with E-state index in [0.717, 1.165) is 12.8 Å². The van der Waals surface area contributed by atoms with Crippen LogP contribution in [0.15, 0.2) is 18.3 Å². The van der Waals surface area contributed by atoms with E-state index >= 15 is 0 Å². The molecule has 0 aliphatic heterocycles. The monoisotopic (exact) mass is 296 g/mol. The molecule has 0 spiro atoms. The third-order valence-electron chi connectivity index (χ3n) is 3.94. The minimum atomic E-state index is -0.189. The van der Waals surface area contributed by atoms with Crippen LogP contribution in [0.5, 0.6) is 0 Å². The van der Waals surface area contributed by atoms with E-state index in [9.17, 15) is 9.90 Å². The third-order valence-corrected chi connectivity index (χ3v) is 4.16. The van der Waals surface area contributed by atoms with Crippen LogP contribution >= 0.6 is 11.6 Å². The number of aromatic nitrogens is 1. The van der Waals surface area contributed by atoms with Gasteiger partial charge in [-0.15, -0.1) is 0 Å². The van der Waals surface area contributed by atoms with Crippen LogP contribution in [0.4, 0.5) is 0 Å². The fourth-order valence-corrected chi connectivity index (χ4v) is 2.97. The molecule has 2 rings (SSSR count). The molecule has 1 atom stereocenters. The average molecular weight is 297 g/mol. The second kappa shape index (κ2) is 7.60. The molecular weight excluding hydrogens is 276 g/mol. The maximum Gasteiger partial charge on any atom is 0.270 e. The van der Waals surface area contributed by atoms with E-state index in [4.69, 9.17) is 11.6 Å². The van der Waals surface area contributed by atoms with E-state index in [1.807, 2.05) is 0 Å². The van der Waals surface area contributed by atoms with Crippen molar-refractivity contribution in [2.24, 2.45) is 5.92 Å². The fraction of sp³-hybridized carbons (Fsp3) is 0.600. The van der Waals surface area contributed by atoms with Gasteiger partial charge in [0.15, 0.2) is 0 Å². The highest BCUT2D eigenvalue weighted by Gasteiger charge is 2.25. The molecule has 1 aliphatic carbocycles. The summed E-state index contributed by atoms with van der Waals surface area (Å²) in [5.41, 5.74) is 0.369. The van der Waals surface area contributed by atoms with Crippen molar-refractivity contribution in [3.63, 3.8) is 0 Å². The van der Waals surface area contributed by atoms with Gasteiger partial charge in [-0.25, -0.2) is 4.98 Å². The normalized spacial score (nSPS) is 17.7. The van der Waals surface area contributed by atoms with E-state index in [-0.39, 0.29) is 18.6 Å². The Kier molecular flexibility index (Phi) is 5.80. The standard InChI is InChI=1S/C15H21ClN2O2/c16-12-6-7-14(17-10-12)15(20)18-13(8-9-19)11-4-2-1-3-5-11/h6-7,10-11,13,19H,1-5,8-9H2,(H,18,20). The summed E-state index contributed by atoms with van der Waals surface area (Å²) >= 11 is 5.77. The lowest BCUT2D eigenvalue weighted by molar-refractivity contribution is 0.0894. The van der Waals surface area contributed by atoms with Crippen LogP contribution in [0.25, 0.3) is 0 Å². The van der Waals surface area contributed by atoms with Gasteiger partial charge in [0.1, 0.15) is 5.69 Å². The topological polar surface area (TPSA) is 62.2 Å². The molecule has 1 aromatic heterocycles. The van der Waals surface area contributed by atoms with Crippen molar-refractivity contribution in [1.29, 1.82) is 0 Å². The van der Waals surface area contributed by atoms with Crippen molar-refractivity contribution in [2.75, 3.05) is 6.61 Å². The first-order valence-corrected chi connectivity index (χ1v) is 7.62. The molecule has 1 heterocycles. The van der Waals surface area contributed by atoms with Crippen molar-refractivity contribution in [1.82, 2.24) is 10.3 Å². The minimum absolute atomic E-state index is 0.0327. The number of nitrogens with zero attached hydrogens (tertiary/aromatic N) is 1. The Bertz CT molecular complexity index is 430. The SMILES string of the molecule is O=C(NC(CCO)C1CCCCC1)c1ccc(Cl)cn1. The number of amides is 1. The van der Waals surface area contributed by atoms with Crippen LogP contribution in [-0.2, 0) is 0 Å². The Morgan fingerprint density at radius 3 is 2.75 bits per heavy atom. The van der Waals surface area contributed by atoms with E-state index < -0.39 is 0 Å². The van der Waals surface area contributed by atoms with Crippen LogP contribution in [0, 0.1) is 5.92 Å². The molecule has 1 aliphatic rings. The van der Waals surface area contributed by atoms with Crippen molar-refractivity contribution >= 4 is 17.5 Å². The molecule has 1 amide bonds. The second-order valence-corrected chi connectivity index (χ2v) is 5.79. The molecule has 2 N–H and O–H groups in total. The van der Waals surface area contributed by atoms with Gasteiger partial charge in [-0.2, -0.15) is 0 Å². The van der Waals surface area contributed by atoms with Crippen molar-refractivity contribution in [3.8, 4) is 0 Å². The summed E-state index contributed by atoms with van der Waals surface area (Å²) in [5.74, 6) is 0.276. The molecule has 110 valence electrons. The van der Waals surface area contributed by atoms with E-state index in [0.29, 0.717) is 23.1 Å². The van der Waals surface area contributed by atoms with Crippen LogP contribution in [0.3, 0.4) is 0 Å². The lowest BCUT2D eigenvalue weighted by atomic mass is 9.82. The highest BCUT2D eigenvalue weighted by atomic mass is 35.5. The van der Waals surface area contributed by atoms with Crippen LogP contribution in [-0.4, -0.2) is 28.6 Å². The van der Waals surface area contributed by atoms with Crippen molar-refractivity contribution < 1.29 is 9.90 Å².